The van der Waals surface area contributed by atoms with Crippen LogP contribution in [0.2, 0.25) is 0 Å². The molecule has 0 saturated carbocycles. The second-order valence-corrected chi connectivity index (χ2v) is 7.62. The fourth-order valence-corrected chi connectivity index (χ4v) is 3.62. The molecule has 1 aliphatic rings. The molecule has 1 saturated heterocycles. The highest BCUT2D eigenvalue weighted by atomic mass is 19.3. The van der Waals surface area contributed by atoms with Crippen molar-refractivity contribution in [1.82, 2.24) is 10.2 Å². The topological polar surface area (TPSA) is 76.5 Å². The van der Waals surface area contributed by atoms with E-state index in [2.05, 4.69) is 20.3 Å². The average Bonchev–Trinajstić information content (AvgIpc) is 3.01. The lowest BCUT2D eigenvalue weighted by Crippen LogP contribution is -2.23. The van der Waals surface area contributed by atoms with Crippen molar-refractivity contribution in [3.05, 3.63) is 42.5 Å². The number of rotatable bonds is 5. The summed E-state index contributed by atoms with van der Waals surface area (Å²) in [5.41, 5.74) is 0.650. The third-order valence-electron chi connectivity index (χ3n) is 4.89. The standard InChI is InChI=1S/C21H21F2N3O3/c1-21(2)10-12(11-28-21)24-19-15-6-4-3-5-14(15)18(25-26-19)16-8-7-13(9-17(16)27)29-20(22)23/h3-9,12,20,27H,10-11H2,1-2H3,(H,24,26). The molecule has 1 unspecified atom stereocenters. The first-order chi connectivity index (χ1) is 13.8. The maximum absolute atomic E-state index is 12.4. The Balaban J connectivity index is 1.70. The molecule has 1 fully saturated rings. The summed E-state index contributed by atoms with van der Waals surface area (Å²) < 4.78 is 34.9. The Kier molecular flexibility index (Phi) is 4.96. The second-order valence-electron chi connectivity index (χ2n) is 7.62. The Morgan fingerprint density at radius 2 is 1.93 bits per heavy atom. The van der Waals surface area contributed by atoms with Crippen LogP contribution in [0.4, 0.5) is 14.6 Å². The van der Waals surface area contributed by atoms with E-state index in [1.807, 2.05) is 38.1 Å². The van der Waals surface area contributed by atoms with Gasteiger partial charge in [0.1, 0.15) is 17.2 Å². The maximum atomic E-state index is 12.4. The number of anilines is 1. The molecule has 1 atom stereocenters. The summed E-state index contributed by atoms with van der Waals surface area (Å²) in [6.45, 7) is 1.71. The van der Waals surface area contributed by atoms with Gasteiger partial charge in [-0.15, -0.1) is 10.2 Å². The van der Waals surface area contributed by atoms with E-state index in [1.54, 1.807) is 0 Å². The van der Waals surface area contributed by atoms with E-state index in [9.17, 15) is 13.9 Å². The fraction of sp³-hybridized carbons (Fsp3) is 0.333. The largest absolute Gasteiger partial charge is 0.507 e. The molecule has 0 spiro atoms. The molecule has 3 aromatic rings. The van der Waals surface area contributed by atoms with Crippen LogP contribution >= 0.6 is 0 Å². The predicted octanol–water partition coefficient (Wildman–Crippen LogP) is 4.58. The highest BCUT2D eigenvalue weighted by molar-refractivity contribution is 6.00. The first-order valence-corrected chi connectivity index (χ1v) is 9.26. The summed E-state index contributed by atoms with van der Waals surface area (Å²) in [7, 11) is 0. The molecule has 2 aromatic carbocycles. The van der Waals surface area contributed by atoms with Crippen molar-refractivity contribution in [3.8, 4) is 22.8 Å². The van der Waals surface area contributed by atoms with E-state index in [1.165, 1.54) is 12.1 Å². The van der Waals surface area contributed by atoms with Crippen molar-refractivity contribution in [2.45, 2.75) is 38.5 Å². The molecule has 6 nitrogen and oxygen atoms in total. The van der Waals surface area contributed by atoms with Crippen molar-refractivity contribution < 1.29 is 23.4 Å². The number of phenols is 1. The summed E-state index contributed by atoms with van der Waals surface area (Å²) in [4.78, 5) is 0. The van der Waals surface area contributed by atoms with Gasteiger partial charge < -0.3 is 19.9 Å². The molecule has 1 aliphatic heterocycles. The van der Waals surface area contributed by atoms with Crippen molar-refractivity contribution in [1.29, 1.82) is 0 Å². The molecular weight excluding hydrogens is 380 g/mol. The van der Waals surface area contributed by atoms with E-state index in [0.29, 0.717) is 23.7 Å². The van der Waals surface area contributed by atoms with Gasteiger partial charge in [0.25, 0.3) is 0 Å². The van der Waals surface area contributed by atoms with Gasteiger partial charge in [-0.25, -0.2) is 0 Å². The number of benzene rings is 2. The van der Waals surface area contributed by atoms with Gasteiger partial charge in [-0.3, -0.25) is 0 Å². The minimum atomic E-state index is -2.96. The molecule has 1 aromatic heterocycles. The smallest absolute Gasteiger partial charge is 0.387 e. The maximum Gasteiger partial charge on any atom is 0.387 e. The van der Waals surface area contributed by atoms with Gasteiger partial charge in [0.2, 0.25) is 0 Å². The fourth-order valence-electron chi connectivity index (χ4n) is 3.62. The van der Waals surface area contributed by atoms with Gasteiger partial charge in [-0.2, -0.15) is 8.78 Å². The molecule has 0 bridgehead atoms. The van der Waals surface area contributed by atoms with Crippen LogP contribution < -0.4 is 10.1 Å². The normalized spacial score (nSPS) is 18.3. The Morgan fingerprint density at radius 3 is 2.59 bits per heavy atom. The predicted molar refractivity (Wildman–Crippen MR) is 105 cm³/mol. The number of halogens is 2. The van der Waals surface area contributed by atoms with Crippen LogP contribution in [0.25, 0.3) is 22.0 Å². The molecule has 0 radical (unpaired) electrons. The molecular formula is C21H21F2N3O3. The quantitative estimate of drug-likeness (QED) is 0.652. The highest BCUT2D eigenvalue weighted by Crippen LogP contribution is 2.37. The van der Waals surface area contributed by atoms with Gasteiger partial charge in [-0.05, 0) is 32.4 Å². The Labute approximate surface area is 166 Å². The second kappa shape index (κ2) is 7.44. The highest BCUT2D eigenvalue weighted by Gasteiger charge is 2.32. The van der Waals surface area contributed by atoms with Crippen LogP contribution in [0.15, 0.2) is 42.5 Å². The van der Waals surface area contributed by atoms with Gasteiger partial charge in [-0.1, -0.05) is 24.3 Å². The molecule has 2 N–H and O–H groups in total. The molecule has 4 rings (SSSR count). The van der Waals surface area contributed by atoms with E-state index in [0.717, 1.165) is 23.3 Å². The monoisotopic (exact) mass is 401 g/mol. The lowest BCUT2D eigenvalue weighted by molar-refractivity contribution is -0.0499. The zero-order chi connectivity index (χ0) is 20.6. The molecule has 0 amide bonds. The summed E-state index contributed by atoms with van der Waals surface area (Å²) in [5, 5.41) is 24.0. The Bertz CT molecular complexity index is 1040. The summed E-state index contributed by atoms with van der Waals surface area (Å²) in [6.07, 6.45) is 0.844. The van der Waals surface area contributed by atoms with E-state index < -0.39 is 6.61 Å². The minimum Gasteiger partial charge on any atom is -0.507 e. The van der Waals surface area contributed by atoms with Crippen LogP contribution in [-0.2, 0) is 4.74 Å². The van der Waals surface area contributed by atoms with Gasteiger partial charge in [0.15, 0.2) is 5.82 Å². The first kappa shape index (κ1) is 19.3. The molecule has 29 heavy (non-hydrogen) atoms. The summed E-state index contributed by atoms with van der Waals surface area (Å²) in [6, 6.07) is 11.7. The zero-order valence-electron chi connectivity index (χ0n) is 16.0. The van der Waals surface area contributed by atoms with Crippen molar-refractivity contribution >= 4 is 16.6 Å². The van der Waals surface area contributed by atoms with E-state index in [-0.39, 0.29) is 23.1 Å². The van der Waals surface area contributed by atoms with Crippen LogP contribution in [0.3, 0.4) is 0 Å². The SMILES string of the molecule is CC1(C)CC(Nc2nnc(-c3ccc(OC(F)F)cc3O)c3ccccc23)CO1. The number of fused-ring (bicyclic) bond motifs is 1. The number of alkyl halides is 2. The molecule has 0 aliphatic carbocycles. The average molecular weight is 401 g/mol. The number of hydrogen-bond donors (Lipinski definition) is 2. The van der Waals surface area contributed by atoms with Gasteiger partial charge >= 0.3 is 6.61 Å². The number of nitrogens with zero attached hydrogens (tertiary/aromatic N) is 2. The van der Waals surface area contributed by atoms with Crippen LogP contribution in [0.5, 0.6) is 11.5 Å². The number of ether oxygens (including phenoxy) is 2. The van der Waals surface area contributed by atoms with E-state index >= 15 is 0 Å². The number of nitrogens with one attached hydrogen (secondary N) is 1. The number of phenolic OH excluding ortho intramolecular Hbond substituents is 1. The van der Waals surface area contributed by atoms with Crippen molar-refractivity contribution in [3.63, 3.8) is 0 Å². The molecule has 8 heteroatoms. The molecule has 152 valence electrons. The summed E-state index contributed by atoms with van der Waals surface area (Å²) >= 11 is 0. The van der Waals surface area contributed by atoms with Crippen molar-refractivity contribution in [2.24, 2.45) is 0 Å². The van der Waals surface area contributed by atoms with Crippen LogP contribution in [-0.4, -0.2) is 40.2 Å². The van der Waals surface area contributed by atoms with Crippen molar-refractivity contribution in [2.75, 3.05) is 11.9 Å². The lowest BCUT2D eigenvalue weighted by Gasteiger charge is -2.17. The van der Waals surface area contributed by atoms with E-state index in [4.69, 9.17) is 4.74 Å². The molecule has 2 heterocycles. The van der Waals surface area contributed by atoms with Gasteiger partial charge in [0.05, 0.1) is 18.2 Å². The third-order valence-corrected chi connectivity index (χ3v) is 4.89. The zero-order valence-corrected chi connectivity index (χ0v) is 16.0. The lowest BCUT2D eigenvalue weighted by atomic mass is 10.0. The summed E-state index contributed by atoms with van der Waals surface area (Å²) in [5.74, 6) is 0.294. The third kappa shape index (κ3) is 4.07. The Hall–Kier alpha value is -3.00. The van der Waals surface area contributed by atoms with Gasteiger partial charge in [0, 0.05) is 22.4 Å². The minimum absolute atomic E-state index is 0.118. The Morgan fingerprint density at radius 1 is 1.17 bits per heavy atom. The van der Waals surface area contributed by atoms with Crippen LogP contribution in [0, 0.1) is 0 Å². The number of hydrogen-bond acceptors (Lipinski definition) is 6. The van der Waals surface area contributed by atoms with Crippen LogP contribution in [0.1, 0.15) is 20.3 Å². The first-order valence-electron chi connectivity index (χ1n) is 9.26. The number of aromatic hydroxyl groups is 1. The number of aromatic nitrogens is 2.